The van der Waals surface area contributed by atoms with Crippen LogP contribution >= 0.6 is 15.9 Å². The van der Waals surface area contributed by atoms with Gasteiger partial charge in [0, 0.05) is 0 Å². The molecule has 15 heavy (non-hydrogen) atoms. The summed E-state index contributed by atoms with van der Waals surface area (Å²) in [6.45, 7) is 0. The van der Waals surface area contributed by atoms with Gasteiger partial charge >= 0.3 is 5.97 Å². The van der Waals surface area contributed by atoms with E-state index in [0.717, 1.165) is 6.07 Å². The van der Waals surface area contributed by atoms with Crippen molar-refractivity contribution in [2.75, 3.05) is 7.11 Å². The highest BCUT2D eigenvalue weighted by Crippen LogP contribution is 2.21. The second-order valence-corrected chi connectivity index (χ2v) is 3.64. The molecule has 1 aromatic carbocycles. The van der Waals surface area contributed by atoms with Gasteiger partial charge in [-0.05, 0) is 33.6 Å². The van der Waals surface area contributed by atoms with Crippen molar-refractivity contribution in [2.45, 2.75) is 6.42 Å². The summed E-state index contributed by atoms with van der Waals surface area (Å²) in [7, 11) is 1.26. The largest absolute Gasteiger partial charge is 0.469 e. The molecule has 0 spiro atoms. The highest BCUT2D eigenvalue weighted by Gasteiger charge is 2.11. The van der Waals surface area contributed by atoms with E-state index in [1.54, 1.807) is 0 Å². The first-order valence-electron chi connectivity index (χ1n) is 4.03. The van der Waals surface area contributed by atoms with Crippen molar-refractivity contribution in [3.63, 3.8) is 0 Å². The molecule has 0 radical (unpaired) electrons. The topological polar surface area (TPSA) is 50.1 Å². The fourth-order valence-electron chi connectivity index (χ4n) is 1.07. The highest BCUT2D eigenvalue weighted by molar-refractivity contribution is 9.10. The van der Waals surface area contributed by atoms with Crippen LogP contribution < -0.4 is 0 Å². The Kier molecular flexibility index (Phi) is 3.81. The number of esters is 1. The molecule has 78 valence electrons. The summed E-state index contributed by atoms with van der Waals surface area (Å²) in [6, 6.07) is 4.32. The Morgan fingerprint density at radius 1 is 1.67 bits per heavy atom. The van der Waals surface area contributed by atoms with Crippen LogP contribution in [0.1, 0.15) is 11.1 Å². The SMILES string of the molecule is COC(=O)Cc1cc(Br)c(F)cc1C#N. The highest BCUT2D eigenvalue weighted by atomic mass is 79.9. The normalized spacial score (nSPS) is 9.47. The van der Waals surface area contributed by atoms with Crippen molar-refractivity contribution in [1.29, 1.82) is 5.26 Å². The van der Waals surface area contributed by atoms with Gasteiger partial charge in [-0.1, -0.05) is 0 Å². The third kappa shape index (κ3) is 2.77. The number of benzene rings is 1. The summed E-state index contributed by atoms with van der Waals surface area (Å²) in [5, 5.41) is 8.74. The minimum absolute atomic E-state index is 0.0434. The van der Waals surface area contributed by atoms with Gasteiger partial charge in [-0.25, -0.2) is 4.39 Å². The molecule has 0 bridgehead atoms. The van der Waals surface area contributed by atoms with E-state index in [0.29, 0.717) is 5.56 Å². The van der Waals surface area contributed by atoms with Gasteiger partial charge in [0.25, 0.3) is 0 Å². The van der Waals surface area contributed by atoms with E-state index >= 15 is 0 Å². The van der Waals surface area contributed by atoms with Gasteiger partial charge in [-0.15, -0.1) is 0 Å². The molecule has 1 aromatic rings. The summed E-state index contributed by atoms with van der Waals surface area (Å²) in [6.07, 6.45) is -0.0434. The molecule has 3 nitrogen and oxygen atoms in total. The van der Waals surface area contributed by atoms with E-state index in [1.165, 1.54) is 13.2 Å². The number of hydrogen-bond acceptors (Lipinski definition) is 3. The number of nitriles is 1. The van der Waals surface area contributed by atoms with E-state index in [-0.39, 0.29) is 16.5 Å². The molecule has 0 saturated heterocycles. The van der Waals surface area contributed by atoms with Crippen LogP contribution in [0.5, 0.6) is 0 Å². The first-order chi connectivity index (χ1) is 7.08. The lowest BCUT2D eigenvalue weighted by molar-refractivity contribution is -0.139. The van der Waals surface area contributed by atoms with Crippen molar-refractivity contribution in [3.05, 3.63) is 33.5 Å². The molecule has 0 aliphatic heterocycles. The predicted octanol–water partition coefficient (Wildman–Crippen LogP) is 2.18. The lowest BCUT2D eigenvalue weighted by Gasteiger charge is -2.04. The van der Waals surface area contributed by atoms with E-state index in [4.69, 9.17) is 5.26 Å². The maximum absolute atomic E-state index is 13.1. The third-order valence-corrected chi connectivity index (χ3v) is 2.44. The number of ether oxygens (including phenoxy) is 1. The van der Waals surface area contributed by atoms with Crippen LogP contribution in [0.3, 0.4) is 0 Å². The van der Waals surface area contributed by atoms with Gasteiger partial charge in [-0.3, -0.25) is 4.79 Å². The van der Waals surface area contributed by atoms with Gasteiger partial charge in [-0.2, -0.15) is 5.26 Å². The number of rotatable bonds is 2. The Morgan fingerprint density at radius 3 is 2.87 bits per heavy atom. The number of nitrogens with zero attached hydrogens (tertiary/aromatic N) is 1. The van der Waals surface area contributed by atoms with Gasteiger partial charge in [0.2, 0.25) is 0 Å². The van der Waals surface area contributed by atoms with E-state index < -0.39 is 11.8 Å². The second kappa shape index (κ2) is 4.89. The molecule has 0 fully saturated rings. The zero-order valence-corrected chi connectivity index (χ0v) is 9.47. The minimum atomic E-state index is -0.528. The maximum atomic E-state index is 13.1. The molecule has 0 amide bonds. The van der Waals surface area contributed by atoms with Gasteiger partial charge in [0.1, 0.15) is 5.82 Å². The van der Waals surface area contributed by atoms with E-state index in [1.807, 2.05) is 6.07 Å². The van der Waals surface area contributed by atoms with Crippen molar-refractivity contribution in [3.8, 4) is 6.07 Å². The quantitative estimate of drug-likeness (QED) is 0.775. The lowest BCUT2D eigenvalue weighted by Crippen LogP contribution is -2.06. The molecule has 0 heterocycles. The average molecular weight is 272 g/mol. The summed E-state index contributed by atoms with van der Waals surface area (Å²) in [5.74, 6) is -0.995. The third-order valence-electron chi connectivity index (χ3n) is 1.83. The van der Waals surface area contributed by atoms with Crippen LogP contribution in [0.25, 0.3) is 0 Å². The van der Waals surface area contributed by atoms with Crippen molar-refractivity contribution in [1.82, 2.24) is 0 Å². The number of carbonyl (C=O) groups excluding carboxylic acids is 1. The van der Waals surface area contributed by atoms with Crippen molar-refractivity contribution in [2.24, 2.45) is 0 Å². The number of halogens is 2. The molecule has 0 atom stereocenters. The summed E-state index contributed by atoms with van der Waals surface area (Å²) < 4.78 is 17.7. The Morgan fingerprint density at radius 2 is 2.33 bits per heavy atom. The fourth-order valence-corrected chi connectivity index (χ4v) is 1.46. The van der Waals surface area contributed by atoms with Crippen LogP contribution in [0, 0.1) is 17.1 Å². The fraction of sp³-hybridized carbons (Fsp3) is 0.200. The smallest absolute Gasteiger partial charge is 0.310 e. The summed E-state index contributed by atoms with van der Waals surface area (Å²) in [5.41, 5.74) is 0.582. The van der Waals surface area contributed by atoms with E-state index in [9.17, 15) is 9.18 Å². The van der Waals surface area contributed by atoms with Gasteiger partial charge in [0.05, 0.1) is 29.6 Å². The minimum Gasteiger partial charge on any atom is -0.469 e. The Bertz CT molecular complexity index is 440. The Hall–Kier alpha value is -1.41. The molecule has 0 aliphatic carbocycles. The summed E-state index contributed by atoms with van der Waals surface area (Å²) in [4.78, 5) is 11.0. The van der Waals surface area contributed by atoms with Gasteiger partial charge < -0.3 is 4.74 Å². The first kappa shape index (κ1) is 11.7. The number of methoxy groups -OCH3 is 1. The van der Waals surface area contributed by atoms with E-state index in [2.05, 4.69) is 20.7 Å². The van der Waals surface area contributed by atoms with Crippen LogP contribution in [-0.2, 0) is 16.0 Å². The first-order valence-corrected chi connectivity index (χ1v) is 4.82. The molecule has 0 unspecified atom stereocenters. The monoisotopic (exact) mass is 271 g/mol. The number of carbonyl (C=O) groups is 1. The average Bonchev–Trinajstić information content (AvgIpc) is 2.22. The number of hydrogen-bond donors (Lipinski definition) is 0. The zero-order valence-electron chi connectivity index (χ0n) is 7.88. The molecule has 1 rings (SSSR count). The Balaban J connectivity index is 3.12. The van der Waals surface area contributed by atoms with Crippen molar-refractivity contribution >= 4 is 21.9 Å². The van der Waals surface area contributed by atoms with Crippen molar-refractivity contribution < 1.29 is 13.9 Å². The standard InChI is InChI=1S/C10H7BrFNO2/c1-15-10(14)4-6-2-8(11)9(12)3-7(6)5-13/h2-3H,4H2,1H3. The molecule has 0 aromatic heterocycles. The molecule has 0 aliphatic rings. The Labute approximate surface area is 94.6 Å². The molecule has 0 N–H and O–H groups in total. The van der Waals surface area contributed by atoms with Gasteiger partial charge in [0.15, 0.2) is 0 Å². The maximum Gasteiger partial charge on any atom is 0.310 e. The zero-order chi connectivity index (χ0) is 11.4. The molecular weight excluding hydrogens is 265 g/mol. The van der Waals surface area contributed by atoms with Crippen LogP contribution in [0.15, 0.2) is 16.6 Å². The van der Waals surface area contributed by atoms with Crippen LogP contribution in [0.2, 0.25) is 0 Å². The lowest BCUT2D eigenvalue weighted by atomic mass is 10.1. The van der Waals surface area contributed by atoms with Crippen LogP contribution in [0.4, 0.5) is 4.39 Å². The molecular formula is C10H7BrFNO2. The van der Waals surface area contributed by atoms with Crippen LogP contribution in [-0.4, -0.2) is 13.1 Å². The summed E-state index contributed by atoms with van der Waals surface area (Å²) >= 11 is 2.98. The molecule has 5 heteroatoms. The molecule has 0 saturated carbocycles. The predicted molar refractivity (Wildman–Crippen MR) is 54.5 cm³/mol. The second-order valence-electron chi connectivity index (χ2n) is 2.79.